The van der Waals surface area contributed by atoms with E-state index in [2.05, 4.69) is 5.16 Å². The predicted molar refractivity (Wildman–Crippen MR) is 36.9 cm³/mol. The first-order valence-electron chi connectivity index (χ1n) is 2.81. The molecule has 0 aromatic rings. The summed E-state index contributed by atoms with van der Waals surface area (Å²) in [7, 11) is 0. The van der Waals surface area contributed by atoms with Gasteiger partial charge in [0.05, 0.1) is 5.71 Å². The maximum Gasteiger partial charge on any atom is 1.00 e. The summed E-state index contributed by atoms with van der Waals surface area (Å²) in [5.41, 5.74) is 0.802. The number of allylic oxidation sites excluding steroid dienone is 2. The van der Waals surface area contributed by atoms with Crippen LogP contribution in [0.5, 0.6) is 0 Å². The van der Waals surface area contributed by atoms with Gasteiger partial charge in [-0.05, 0) is 25.3 Å². The fourth-order valence-corrected chi connectivity index (χ4v) is 0.787. The van der Waals surface area contributed by atoms with Gasteiger partial charge < -0.3 is 12.1 Å². The molecule has 0 radical (unpaired) electrons. The van der Waals surface area contributed by atoms with Crippen LogP contribution in [0.15, 0.2) is 17.3 Å². The van der Waals surface area contributed by atoms with E-state index in [9.17, 15) is 0 Å². The third-order valence-electron chi connectivity index (χ3n) is 1.24. The molecular weight excluding hydrogens is 141 g/mol. The van der Waals surface area contributed by atoms with Crippen LogP contribution < -0.4 is 29.6 Å². The van der Waals surface area contributed by atoms with Gasteiger partial charge in [-0.25, -0.2) is 0 Å². The third-order valence-corrected chi connectivity index (χ3v) is 1.24. The molecule has 0 aliphatic heterocycles. The van der Waals surface area contributed by atoms with Crippen LogP contribution in [0.2, 0.25) is 0 Å². The second-order valence-corrected chi connectivity index (χ2v) is 1.89. The second-order valence-electron chi connectivity index (χ2n) is 1.89. The molecule has 0 fully saturated rings. The van der Waals surface area contributed by atoms with Crippen molar-refractivity contribution in [2.24, 2.45) is 5.16 Å². The van der Waals surface area contributed by atoms with Crippen LogP contribution in [0.25, 0.3) is 0 Å². The number of oxime groups is 1. The molecule has 0 amide bonds. The van der Waals surface area contributed by atoms with Crippen molar-refractivity contribution in [1.82, 2.24) is 0 Å². The van der Waals surface area contributed by atoms with E-state index >= 15 is 0 Å². The molecule has 0 heterocycles. The summed E-state index contributed by atoms with van der Waals surface area (Å²) in [4.78, 5) is 0. The van der Waals surface area contributed by atoms with Gasteiger partial charge in [0.2, 0.25) is 0 Å². The van der Waals surface area contributed by atoms with Gasteiger partial charge in [-0.1, -0.05) is 11.2 Å². The summed E-state index contributed by atoms with van der Waals surface area (Å²) < 4.78 is 0. The molecule has 4 heteroatoms. The second kappa shape index (κ2) is 7.28. The number of rotatable bonds is 0. The first-order valence-corrected chi connectivity index (χ1v) is 2.81. The average molecular weight is 153 g/mol. The van der Waals surface area contributed by atoms with Crippen LogP contribution in [0.3, 0.4) is 0 Å². The summed E-state index contributed by atoms with van der Waals surface area (Å²) >= 11 is 0. The molecule has 1 aliphatic carbocycles. The van der Waals surface area contributed by atoms with Gasteiger partial charge in [-0.15, -0.1) is 0 Å². The van der Waals surface area contributed by atoms with E-state index in [1.807, 2.05) is 12.2 Å². The molecule has 0 aromatic heterocycles. The zero-order chi connectivity index (χ0) is 5.82. The molecule has 0 saturated carbocycles. The Balaban J connectivity index is -0.000000213. The summed E-state index contributed by atoms with van der Waals surface area (Å²) in [6, 6.07) is 0. The van der Waals surface area contributed by atoms with Crippen LogP contribution >= 0.6 is 0 Å². The molecule has 3 nitrogen and oxygen atoms in total. The third kappa shape index (κ3) is 4.06. The number of hydrogen-bond acceptors (Lipinski definition) is 2. The van der Waals surface area contributed by atoms with Crippen LogP contribution in [-0.4, -0.2) is 16.4 Å². The monoisotopic (exact) mass is 153 g/mol. The molecule has 0 unspecified atom stereocenters. The Bertz CT molecular complexity index is 139. The van der Waals surface area contributed by atoms with Gasteiger partial charge in [0.25, 0.3) is 0 Å². The Kier molecular flexibility index (Phi) is 9.33. The Labute approximate surface area is 83.9 Å². The maximum absolute atomic E-state index is 8.23. The Morgan fingerprint density at radius 1 is 1.60 bits per heavy atom. The Morgan fingerprint density at radius 3 is 2.60 bits per heavy atom. The quantitative estimate of drug-likeness (QED) is 0.241. The normalized spacial score (nSPS) is 19.4. The molecule has 3 N–H and O–H groups in total. The van der Waals surface area contributed by atoms with Gasteiger partial charge in [-0.2, -0.15) is 0 Å². The minimum absolute atomic E-state index is 0. The van der Waals surface area contributed by atoms with Gasteiger partial charge in [0.1, 0.15) is 0 Å². The topological polar surface area (TPSA) is 64.1 Å². The molecule has 0 bridgehead atoms. The van der Waals surface area contributed by atoms with Crippen LogP contribution in [0, 0.1) is 0 Å². The molecule has 1 aliphatic rings. The number of hydrogen-bond donors (Lipinski definition) is 1. The van der Waals surface area contributed by atoms with E-state index in [0.717, 1.165) is 25.0 Å². The molecule has 10 heavy (non-hydrogen) atoms. The molecule has 0 saturated heterocycles. The molecule has 54 valence electrons. The molecular formula is C6H12NNaO2. The van der Waals surface area contributed by atoms with Crippen molar-refractivity contribution >= 4 is 5.71 Å². The summed E-state index contributed by atoms with van der Waals surface area (Å²) in [5, 5.41) is 11.3. The first kappa shape index (κ1) is 12.8. The van der Waals surface area contributed by atoms with Crippen molar-refractivity contribution in [3.8, 4) is 0 Å². The maximum atomic E-state index is 8.23. The van der Waals surface area contributed by atoms with Crippen molar-refractivity contribution in [3.05, 3.63) is 12.2 Å². The smallest absolute Gasteiger partial charge is 1.00 e. The van der Waals surface area contributed by atoms with E-state index in [1.54, 1.807) is 0 Å². The summed E-state index contributed by atoms with van der Waals surface area (Å²) in [6.45, 7) is 0. The van der Waals surface area contributed by atoms with Crippen molar-refractivity contribution in [2.75, 3.05) is 0 Å². The first-order chi connectivity index (χ1) is 3.93. The average Bonchev–Trinajstić information content (AvgIpc) is 1.90. The van der Waals surface area contributed by atoms with E-state index < -0.39 is 0 Å². The van der Waals surface area contributed by atoms with E-state index in [1.165, 1.54) is 0 Å². The molecule has 0 spiro atoms. The van der Waals surface area contributed by atoms with Gasteiger partial charge in [-0.3, -0.25) is 0 Å². The predicted octanol–water partition coefficient (Wildman–Crippen LogP) is -2.15. The standard InChI is InChI=1S/C6H9NO.Na.H2O.H/c8-7-6-4-2-1-3-5-6;;;/h2,4,8H,1,3,5H2;;1H2;/q;+1;;-1. The Morgan fingerprint density at radius 2 is 2.30 bits per heavy atom. The summed E-state index contributed by atoms with van der Waals surface area (Å²) in [5.74, 6) is 0. The van der Waals surface area contributed by atoms with E-state index in [4.69, 9.17) is 5.21 Å². The van der Waals surface area contributed by atoms with Crippen LogP contribution in [-0.2, 0) is 0 Å². The molecule has 0 atom stereocenters. The van der Waals surface area contributed by atoms with Crippen molar-refractivity contribution in [2.45, 2.75) is 19.3 Å². The molecule has 0 aromatic carbocycles. The Hall–Kier alpha value is 0.170. The largest absolute Gasteiger partial charge is 1.00 e. The van der Waals surface area contributed by atoms with Crippen molar-refractivity contribution in [1.29, 1.82) is 0 Å². The zero-order valence-electron chi connectivity index (χ0n) is 7.17. The fourth-order valence-electron chi connectivity index (χ4n) is 0.787. The zero-order valence-corrected chi connectivity index (χ0v) is 8.17. The minimum Gasteiger partial charge on any atom is -1.00 e. The van der Waals surface area contributed by atoms with Gasteiger partial charge in [0, 0.05) is 0 Å². The van der Waals surface area contributed by atoms with Crippen LogP contribution in [0.1, 0.15) is 20.7 Å². The van der Waals surface area contributed by atoms with Gasteiger partial charge >= 0.3 is 29.6 Å². The fraction of sp³-hybridized carbons (Fsp3) is 0.500. The van der Waals surface area contributed by atoms with E-state index in [-0.39, 0.29) is 36.5 Å². The van der Waals surface area contributed by atoms with Crippen molar-refractivity contribution in [3.63, 3.8) is 0 Å². The minimum atomic E-state index is 0. The van der Waals surface area contributed by atoms with Gasteiger partial charge in [0.15, 0.2) is 0 Å². The number of nitrogens with zero attached hydrogens (tertiary/aromatic N) is 1. The molecule has 1 rings (SSSR count). The summed E-state index contributed by atoms with van der Waals surface area (Å²) in [6.07, 6.45) is 7.06. The van der Waals surface area contributed by atoms with Crippen molar-refractivity contribution < 1.29 is 41.7 Å². The van der Waals surface area contributed by atoms with Crippen LogP contribution in [0.4, 0.5) is 0 Å². The van der Waals surface area contributed by atoms with E-state index in [0.29, 0.717) is 0 Å². The SMILES string of the molecule is O.ON=C1C=CCCC1.[H-].[Na+].